The van der Waals surface area contributed by atoms with Crippen molar-refractivity contribution in [2.24, 2.45) is 22.2 Å². The Bertz CT molecular complexity index is 261. The highest BCUT2D eigenvalue weighted by Gasteiger charge is 2.22. The first kappa shape index (κ1) is 15.2. The van der Waals surface area contributed by atoms with Crippen LogP contribution >= 0.6 is 0 Å². The molecule has 0 spiro atoms. The first-order valence-electron chi connectivity index (χ1n) is 6.83. The molecule has 0 saturated carbocycles. The molecular formula is C13H27N3O2. The van der Waals surface area contributed by atoms with E-state index in [-0.39, 0.29) is 5.41 Å². The molecule has 5 heteroatoms. The van der Waals surface area contributed by atoms with Gasteiger partial charge in [0.1, 0.15) is 5.84 Å². The number of hydrogen-bond acceptors (Lipinski definition) is 4. The van der Waals surface area contributed by atoms with Crippen molar-refractivity contribution in [2.75, 3.05) is 26.3 Å². The number of nitrogens with one attached hydrogen (secondary N) is 1. The molecule has 0 aromatic rings. The average Bonchev–Trinajstić information content (AvgIpc) is 2.38. The predicted octanol–water partition coefficient (Wildman–Crippen LogP) is 1.56. The molecule has 1 heterocycles. The molecule has 0 bridgehead atoms. The van der Waals surface area contributed by atoms with Crippen LogP contribution in [0, 0.1) is 11.3 Å². The van der Waals surface area contributed by atoms with Crippen molar-refractivity contribution in [3.8, 4) is 0 Å². The number of oxime groups is 1. The Labute approximate surface area is 110 Å². The topological polar surface area (TPSA) is 79.9 Å². The highest BCUT2D eigenvalue weighted by Crippen LogP contribution is 2.22. The Morgan fingerprint density at radius 2 is 2.11 bits per heavy atom. The summed E-state index contributed by atoms with van der Waals surface area (Å²) in [5.41, 5.74) is 5.42. The minimum Gasteiger partial charge on any atom is -0.409 e. The maximum atomic E-state index is 8.68. The monoisotopic (exact) mass is 257 g/mol. The summed E-state index contributed by atoms with van der Waals surface area (Å²) in [7, 11) is 0. The zero-order chi connectivity index (χ0) is 13.4. The van der Waals surface area contributed by atoms with Crippen LogP contribution in [-0.4, -0.2) is 37.3 Å². The maximum absolute atomic E-state index is 8.68. The average molecular weight is 257 g/mol. The molecule has 0 radical (unpaired) electrons. The number of amidine groups is 1. The summed E-state index contributed by atoms with van der Waals surface area (Å²) in [4.78, 5) is 0. The van der Waals surface area contributed by atoms with Crippen LogP contribution in [0.5, 0.6) is 0 Å². The smallest absolute Gasteiger partial charge is 0.144 e. The first-order chi connectivity index (χ1) is 8.56. The predicted molar refractivity (Wildman–Crippen MR) is 72.8 cm³/mol. The Kier molecular flexibility index (Phi) is 6.43. The second kappa shape index (κ2) is 7.59. The van der Waals surface area contributed by atoms with Crippen molar-refractivity contribution in [2.45, 2.75) is 39.5 Å². The lowest BCUT2D eigenvalue weighted by Gasteiger charge is -2.24. The highest BCUT2D eigenvalue weighted by atomic mass is 16.5. The summed E-state index contributed by atoms with van der Waals surface area (Å²) >= 11 is 0. The number of hydrogen-bond donors (Lipinski definition) is 3. The molecule has 1 fully saturated rings. The standard InChI is InChI=1S/C13H27N3O2/c1-13(2,12(14)16-17)6-3-7-15-10-11-4-8-18-9-5-11/h11,15,17H,3-10H2,1-2H3,(H2,14,16). The van der Waals surface area contributed by atoms with Gasteiger partial charge in [0.2, 0.25) is 0 Å². The summed E-state index contributed by atoms with van der Waals surface area (Å²) < 4.78 is 5.33. The van der Waals surface area contributed by atoms with Crippen molar-refractivity contribution in [3.63, 3.8) is 0 Å². The largest absolute Gasteiger partial charge is 0.409 e. The molecule has 5 nitrogen and oxygen atoms in total. The molecule has 18 heavy (non-hydrogen) atoms. The Balaban J connectivity index is 2.07. The van der Waals surface area contributed by atoms with Crippen LogP contribution in [-0.2, 0) is 4.74 Å². The van der Waals surface area contributed by atoms with Crippen LogP contribution in [0.15, 0.2) is 5.16 Å². The second-order valence-corrected chi connectivity index (χ2v) is 5.73. The zero-order valence-electron chi connectivity index (χ0n) is 11.6. The SMILES string of the molecule is CC(C)(CCCNCC1CCOCC1)C(N)=NO. The van der Waals surface area contributed by atoms with E-state index in [1.807, 2.05) is 13.8 Å². The summed E-state index contributed by atoms with van der Waals surface area (Å²) in [6.07, 6.45) is 4.29. The lowest BCUT2D eigenvalue weighted by Crippen LogP contribution is -2.33. The molecule has 0 aromatic carbocycles. The van der Waals surface area contributed by atoms with Crippen LogP contribution in [0.3, 0.4) is 0 Å². The lowest BCUT2D eigenvalue weighted by atomic mass is 9.86. The van der Waals surface area contributed by atoms with Crippen molar-refractivity contribution >= 4 is 5.84 Å². The van der Waals surface area contributed by atoms with Crippen molar-refractivity contribution < 1.29 is 9.94 Å². The van der Waals surface area contributed by atoms with Gasteiger partial charge in [-0.15, -0.1) is 0 Å². The van der Waals surface area contributed by atoms with Crippen LogP contribution < -0.4 is 11.1 Å². The molecule has 1 aliphatic heterocycles. The van der Waals surface area contributed by atoms with Crippen molar-refractivity contribution in [1.82, 2.24) is 5.32 Å². The third-order valence-corrected chi connectivity index (χ3v) is 3.73. The van der Waals surface area contributed by atoms with Gasteiger partial charge in [-0.2, -0.15) is 0 Å². The molecule has 0 unspecified atom stereocenters. The van der Waals surface area contributed by atoms with Crippen LogP contribution in [0.2, 0.25) is 0 Å². The second-order valence-electron chi connectivity index (χ2n) is 5.73. The third-order valence-electron chi connectivity index (χ3n) is 3.73. The van der Waals surface area contributed by atoms with E-state index in [0.717, 1.165) is 45.1 Å². The fourth-order valence-electron chi connectivity index (χ4n) is 2.18. The normalized spacial score (nSPS) is 19.1. The molecule has 0 aliphatic carbocycles. The minimum atomic E-state index is -0.227. The number of nitrogens with two attached hydrogens (primary N) is 1. The van der Waals surface area contributed by atoms with Crippen LogP contribution in [0.25, 0.3) is 0 Å². The molecule has 4 N–H and O–H groups in total. The molecular weight excluding hydrogens is 230 g/mol. The van der Waals surface area contributed by atoms with Crippen molar-refractivity contribution in [1.29, 1.82) is 0 Å². The van der Waals surface area contributed by atoms with E-state index in [0.29, 0.717) is 5.84 Å². The molecule has 0 amide bonds. The molecule has 0 atom stereocenters. The van der Waals surface area contributed by atoms with Gasteiger partial charge < -0.3 is 21.0 Å². The first-order valence-corrected chi connectivity index (χ1v) is 6.83. The van der Waals surface area contributed by atoms with E-state index in [1.165, 1.54) is 12.8 Å². The quantitative estimate of drug-likeness (QED) is 0.212. The van der Waals surface area contributed by atoms with Gasteiger partial charge in [0.15, 0.2) is 0 Å². The van der Waals surface area contributed by atoms with E-state index < -0.39 is 0 Å². The number of nitrogens with zero attached hydrogens (tertiary/aromatic N) is 1. The van der Waals surface area contributed by atoms with E-state index in [2.05, 4.69) is 10.5 Å². The van der Waals surface area contributed by atoms with Crippen LogP contribution in [0.1, 0.15) is 39.5 Å². The van der Waals surface area contributed by atoms with Crippen molar-refractivity contribution in [3.05, 3.63) is 0 Å². The van der Waals surface area contributed by atoms with Gasteiger partial charge in [0.25, 0.3) is 0 Å². The molecule has 1 aliphatic rings. The molecule has 1 saturated heterocycles. The summed E-state index contributed by atoms with van der Waals surface area (Å²) in [6.45, 7) is 7.87. The van der Waals surface area contributed by atoms with Gasteiger partial charge in [-0.3, -0.25) is 0 Å². The van der Waals surface area contributed by atoms with Gasteiger partial charge in [-0.05, 0) is 44.7 Å². The Hall–Kier alpha value is -0.810. The van der Waals surface area contributed by atoms with Gasteiger partial charge in [0, 0.05) is 18.6 Å². The minimum absolute atomic E-state index is 0.227. The number of rotatable bonds is 7. The van der Waals surface area contributed by atoms with Gasteiger partial charge in [-0.1, -0.05) is 19.0 Å². The maximum Gasteiger partial charge on any atom is 0.144 e. The van der Waals surface area contributed by atoms with Gasteiger partial charge in [0.05, 0.1) is 0 Å². The zero-order valence-corrected chi connectivity index (χ0v) is 11.6. The fraction of sp³-hybridized carbons (Fsp3) is 0.923. The lowest BCUT2D eigenvalue weighted by molar-refractivity contribution is 0.0663. The third kappa shape index (κ3) is 5.23. The molecule has 106 valence electrons. The number of ether oxygens (including phenoxy) is 1. The Morgan fingerprint density at radius 3 is 2.72 bits per heavy atom. The van der Waals surface area contributed by atoms with E-state index in [4.69, 9.17) is 15.7 Å². The van der Waals surface area contributed by atoms with E-state index >= 15 is 0 Å². The molecule has 1 rings (SSSR count). The summed E-state index contributed by atoms with van der Waals surface area (Å²) in [5, 5.41) is 15.3. The van der Waals surface area contributed by atoms with Gasteiger partial charge in [-0.25, -0.2) is 0 Å². The molecule has 0 aromatic heterocycles. The van der Waals surface area contributed by atoms with Gasteiger partial charge >= 0.3 is 0 Å². The van der Waals surface area contributed by atoms with E-state index in [9.17, 15) is 0 Å². The van der Waals surface area contributed by atoms with Crippen LogP contribution in [0.4, 0.5) is 0 Å². The highest BCUT2D eigenvalue weighted by molar-refractivity contribution is 5.85. The summed E-state index contributed by atoms with van der Waals surface area (Å²) in [6, 6.07) is 0. The summed E-state index contributed by atoms with van der Waals surface area (Å²) in [5.74, 6) is 1.07. The van der Waals surface area contributed by atoms with E-state index in [1.54, 1.807) is 0 Å². The fourth-order valence-corrected chi connectivity index (χ4v) is 2.18. The Morgan fingerprint density at radius 1 is 1.44 bits per heavy atom.